The van der Waals surface area contributed by atoms with Crippen molar-refractivity contribution < 1.29 is 4.79 Å². The number of likely N-dealkylation sites (tertiary alicyclic amines) is 1. The largest absolute Gasteiger partial charge is 0.351 e. The summed E-state index contributed by atoms with van der Waals surface area (Å²) < 4.78 is 0. The van der Waals surface area contributed by atoms with Crippen molar-refractivity contribution in [2.24, 2.45) is 10.4 Å². The maximum absolute atomic E-state index is 11.9. The molecule has 1 amide bonds. The number of hydrogen-bond acceptors (Lipinski definition) is 3. The Morgan fingerprint density at radius 2 is 2.21 bits per heavy atom. The molecule has 2 aliphatic rings. The Labute approximate surface area is 165 Å². The molecule has 1 aliphatic heterocycles. The van der Waals surface area contributed by atoms with Gasteiger partial charge in [0, 0.05) is 32.1 Å². The number of halogens is 1. The Hall–Kier alpha value is -0.830. The number of carbonyl (C=O) groups is 1. The van der Waals surface area contributed by atoms with Crippen LogP contribution in [0.15, 0.2) is 22.5 Å². The molecule has 1 N–H and O–H groups in total. The van der Waals surface area contributed by atoms with Crippen LogP contribution in [-0.2, 0) is 11.3 Å². The molecular weight excluding hydrogens is 435 g/mol. The molecule has 7 heteroatoms. The molecule has 2 fully saturated rings. The van der Waals surface area contributed by atoms with Gasteiger partial charge in [-0.1, -0.05) is 12.5 Å². The number of nitrogens with zero attached hydrogens (tertiary/aromatic N) is 3. The molecule has 1 saturated heterocycles. The monoisotopic (exact) mass is 462 g/mol. The Morgan fingerprint density at radius 1 is 1.42 bits per heavy atom. The number of aliphatic imine (C=N–C) groups is 1. The highest BCUT2D eigenvalue weighted by Crippen LogP contribution is 2.47. The summed E-state index contributed by atoms with van der Waals surface area (Å²) in [6.45, 7) is 3.12. The van der Waals surface area contributed by atoms with Gasteiger partial charge in [-0.25, -0.2) is 4.99 Å². The fourth-order valence-corrected chi connectivity index (χ4v) is 3.98. The number of carbonyl (C=O) groups excluding carboxylic acids is 1. The Morgan fingerprint density at radius 3 is 2.75 bits per heavy atom. The highest BCUT2D eigenvalue weighted by Gasteiger charge is 2.43. The first-order chi connectivity index (χ1) is 11.1. The van der Waals surface area contributed by atoms with Crippen LogP contribution in [0, 0.1) is 5.41 Å². The molecule has 0 unspecified atom stereocenters. The van der Waals surface area contributed by atoms with Gasteiger partial charge in [-0.2, -0.15) is 0 Å². The van der Waals surface area contributed by atoms with Gasteiger partial charge in [-0.3, -0.25) is 4.79 Å². The van der Waals surface area contributed by atoms with Crippen LogP contribution in [0.5, 0.6) is 0 Å². The summed E-state index contributed by atoms with van der Waals surface area (Å²) in [4.78, 5) is 21.7. The molecule has 5 nitrogen and oxygen atoms in total. The first-order valence-electron chi connectivity index (χ1n) is 8.34. The molecule has 1 saturated carbocycles. The maximum atomic E-state index is 11.9. The highest BCUT2D eigenvalue weighted by atomic mass is 127. The minimum Gasteiger partial charge on any atom is -0.351 e. The van der Waals surface area contributed by atoms with Gasteiger partial charge in [0.15, 0.2) is 5.96 Å². The summed E-state index contributed by atoms with van der Waals surface area (Å²) in [6.07, 6.45) is 5.31. The zero-order valence-electron chi connectivity index (χ0n) is 14.5. The molecule has 1 aromatic rings. The molecule has 0 bridgehead atoms. The average Bonchev–Trinajstić information content (AvgIpc) is 3.15. The van der Waals surface area contributed by atoms with Crippen molar-refractivity contribution in [3.63, 3.8) is 0 Å². The molecule has 0 atom stereocenters. The normalized spacial score (nSPS) is 18.9. The second-order valence-electron chi connectivity index (χ2n) is 6.89. The van der Waals surface area contributed by atoms with E-state index >= 15 is 0 Å². The zero-order chi connectivity index (χ0) is 16.3. The van der Waals surface area contributed by atoms with Crippen molar-refractivity contribution in [3.05, 3.63) is 22.4 Å². The molecule has 0 aromatic carbocycles. The number of hydrogen-bond donors (Lipinski definition) is 1. The van der Waals surface area contributed by atoms with Crippen LogP contribution in [0.25, 0.3) is 0 Å². The third kappa shape index (κ3) is 4.62. The van der Waals surface area contributed by atoms with Gasteiger partial charge in [-0.15, -0.1) is 35.3 Å². The number of amides is 1. The van der Waals surface area contributed by atoms with E-state index in [1.54, 1.807) is 30.3 Å². The smallest absolute Gasteiger partial charge is 0.243 e. The Kier molecular flexibility index (Phi) is 6.91. The van der Waals surface area contributed by atoms with Crippen molar-refractivity contribution >= 4 is 47.2 Å². The fraction of sp³-hybridized carbons (Fsp3) is 0.647. The van der Waals surface area contributed by atoms with Crippen LogP contribution in [0.2, 0.25) is 0 Å². The lowest BCUT2D eigenvalue weighted by atomic mass is 9.68. The van der Waals surface area contributed by atoms with E-state index < -0.39 is 0 Å². The van der Waals surface area contributed by atoms with E-state index in [1.807, 2.05) is 0 Å². The van der Waals surface area contributed by atoms with E-state index in [9.17, 15) is 4.79 Å². The van der Waals surface area contributed by atoms with Gasteiger partial charge in [0.05, 0.1) is 6.54 Å². The van der Waals surface area contributed by atoms with Crippen molar-refractivity contribution in [2.75, 3.05) is 33.7 Å². The zero-order valence-corrected chi connectivity index (χ0v) is 17.6. The van der Waals surface area contributed by atoms with Gasteiger partial charge in [0.2, 0.25) is 5.91 Å². The summed E-state index contributed by atoms with van der Waals surface area (Å²) in [6, 6.07) is 4.19. The van der Waals surface area contributed by atoms with E-state index in [1.165, 1.54) is 30.6 Å². The molecule has 1 spiro atoms. The van der Waals surface area contributed by atoms with Crippen LogP contribution in [0.4, 0.5) is 0 Å². The molecule has 2 heterocycles. The van der Waals surface area contributed by atoms with E-state index in [0.717, 1.165) is 25.6 Å². The number of rotatable bonds is 4. The van der Waals surface area contributed by atoms with E-state index in [-0.39, 0.29) is 36.4 Å². The minimum atomic E-state index is 0. The standard InChI is InChI=1S/C17H26N4OS.HI/c1-20(2)15(22)12-19-16(18-11-14-5-3-10-23-14)21-9-8-17(13-21)6-4-7-17;/h3,5,10H,4,6-9,11-13H2,1-2H3,(H,18,19);1H. The maximum Gasteiger partial charge on any atom is 0.243 e. The Bertz CT molecular complexity index is 569. The van der Waals surface area contributed by atoms with Crippen molar-refractivity contribution in [1.29, 1.82) is 0 Å². The van der Waals surface area contributed by atoms with Crippen LogP contribution < -0.4 is 5.32 Å². The molecule has 0 radical (unpaired) electrons. The minimum absolute atomic E-state index is 0. The molecular formula is C17H27IN4OS. The third-order valence-electron chi connectivity index (χ3n) is 5.02. The number of nitrogens with one attached hydrogen (secondary N) is 1. The molecule has 1 aromatic heterocycles. The second kappa shape index (κ2) is 8.51. The lowest BCUT2D eigenvalue weighted by Crippen LogP contribution is -2.42. The van der Waals surface area contributed by atoms with Crippen molar-refractivity contribution in [2.45, 2.75) is 32.2 Å². The van der Waals surface area contributed by atoms with Crippen molar-refractivity contribution in [1.82, 2.24) is 15.1 Å². The Balaban J connectivity index is 0.00000208. The summed E-state index contributed by atoms with van der Waals surface area (Å²) in [7, 11) is 3.55. The topological polar surface area (TPSA) is 47.9 Å². The predicted octanol–water partition coefficient (Wildman–Crippen LogP) is 2.78. The predicted molar refractivity (Wildman–Crippen MR) is 110 cm³/mol. The van der Waals surface area contributed by atoms with Gasteiger partial charge in [0.25, 0.3) is 0 Å². The van der Waals surface area contributed by atoms with Gasteiger partial charge < -0.3 is 15.1 Å². The van der Waals surface area contributed by atoms with Crippen LogP contribution >= 0.6 is 35.3 Å². The first-order valence-corrected chi connectivity index (χ1v) is 9.22. The fourth-order valence-electron chi connectivity index (χ4n) is 3.33. The molecule has 24 heavy (non-hydrogen) atoms. The molecule has 3 rings (SSSR count). The quantitative estimate of drug-likeness (QED) is 0.426. The van der Waals surface area contributed by atoms with Gasteiger partial charge in [-0.05, 0) is 36.1 Å². The average molecular weight is 462 g/mol. The SMILES string of the molecule is CN(C)C(=O)CN=C(NCc1cccs1)N1CCC2(CCC2)C1.I. The number of likely N-dealkylation sites (N-methyl/N-ethyl adjacent to an activating group) is 1. The number of thiophene rings is 1. The summed E-state index contributed by atoms with van der Waals surface area (Å²) in [5, 5.41) is 5.55. The second-order valence-corrected chi connectivity index (χ2v) is 7.92. The summed E-state index contributed by atoms with van der Waals surface area (Å²) in [5.41, 5.74) is 0.525. The molecule has 1 aliphatic carbocycles. The highest BCUT2D eigenvalue weighted by molar-refractivity contribution is 14.0. The number of guanidine groups is 1. The first kappa shape index (κ1) is 19.5. The van der Waals surface area contributed by atoms with Gasteiger partial charge in [0.1, 0.15) is 6.54 Å². The van der Waals surface area contributed by atoms with E-state index in [0.29, 0.717) is 5.41 Å². The lowest BCUT2D eigenvalue weighted by Gasteiger charge is -2.38. The van der Waals surface area contributed by atoms with Crippen LogP contribution in [-0.4, -0.2) is 55.4 Å². The van der Waals surface area contributed by atoms with Crippen LogP contribution in [0.1, 0.15) is 30.6 Å². The summed E-state index contributed by atoms with van der Waals surface area (Å²) >= 11 is 1.74. The van der Waals surface area contributed by atoms with E-state index in [2.05, 4.69) is 32.7 Å². The third-order valence-corrected chi connectivity index (χ3v) is 5.89. The van der Waals surface area contributed by atoms with Gasteiger partial charge >= 0.3 is 0 Å². The van der Waals surface area contributed by atoms with E-state index in [4.69, 9.17) is 0 Å². The van der Waals surface area contributed by atoms with Crippen LogP contribution in [0.3, 0.4) is 0 Å². The summed E-state index contributed by atoms with van der Waals surface area (Å²) in [5.74, 6) is 0.926. The molecule has 134 valence electrons. The lowest BCUT2D eigenvalue weighted by molar-refractivity contribution is -0.127. The van der Waals surface area contributed by atoms with Crippen molar-refractivity contribution in [3.8, 4) is 0 Å².